The fourth-order valence-corrected chi connectivity index (χ4v) is 0.514. The summed E-state index contributed by atoms with van der Waals surface area (Å²) in [4.78, 5) is 0. The van der Waals surface area contributed by atoms with E-state index in [-0.39, 0.29) is 0 Å². The Hall–Kier alpha value is 0.430. The molecule has 0 heterocycles. The first-order valence-electron chi connectivity index (χ1n) is 1.37. The molecule has 0 radical (unpaired) electrons. The Morgan fingerprint density at radius 1 is 1.00 bits per heavy atom. The van der Waals surface area contributed by atoms with Crippen LogP contribution in [-0.4, -0.2) is 13.8 Å². The van der Waals surface area contributed by atoms with Crippen LogP contribution in [0.25, 0.3) is 0 Å². The van der Waals surface area contributed by atoms with Crippen molar-refractivity contribution >= 4 is 53.1 Å². The molecule has 0 bridgehead atoms. The second-order valence-electron chi connectivity index (χ2n) is 0.789. The van der Waals surface area contributed by atoms with Gasteiger partial charge in [-0.2, -0.15) is 7.88 Å². The number of guanidine groups is 1. The lowest BCUT2D eigenvalue weighted by atomic mass is 11.1. The molecule has 1 N–H and O–H groups in total. The average Bonchev–Trinajstić information content (AvgIpc) is 1.64. The van der Waals surface area contributed by atoms with Gasteiger partial charge in [0.25, 0.3) is 5.96 Å². The van der Waals surface area contributed by atoms with Crippen LogP contribution >= 0.6 is 47.1 Å². The standard InChI is InChI=1S/CHCl4N3/c2-7(3)1(6)8(4)5/h6H. The van der Waals surface area contributed by atoms with Crippen molar-refractivity contribution in [1.29, 1.82) is 5.41 Å². The Bertz CT molecular complexity index is 79.3. The molecule has 0 saturated heterocycles. The smallest absolute Gasteiger partial charge is 0.254 e. The van der Waals surface area contributed by atoms with Crippen LogP contribution < -0.4 is 0 Å². The predicted molar refractivity (Wildman–Crippen MR) is 34.8 cm³/mol. The van der Waals surface area contributed by atoms with Gasteiger partial charge in [0.05, 0.1) is 0 Å². The van der Waals surface area contributed by atoms with Crippen LogP contribution in [0.15, 0.2) is 0 Å². The summed E-state index contributed by atoms with van der Waals surface area (Å²) < 4.78 is 0.861. The quantitative estimate of drug-likeness (QED) is 0.366. The first kappa shape index (κ1) is 8.43. The van der Waals surface area contributed by atoms with Gasteiger partial charge >= 0.3 is 0 Å². The largest absolute Gasteiger partial charge is 0.265 e. The Kier molecular flexibility index (Phi) is 3.64. The second-order valence-corrected chi connectivity index (χ2v) is 2.49. The number of nitrogens with one attached hydrogen (secondary N) is 1. The molecule has 0 spiro atoms. The van der Waals surface area contributed by atoms with Crippen LogP contribution in [0.5, 0.6) is 0 Å². The van der Waals surface area contributed by atoms with Crippen LogP contribution in [0.1, 0.15) is 0 Å². The SMILES string of the molecule is N=C(N(Cl)Cl)N(Cl)Cl. The molecular formula is CHCl4N3. The van der Waals surface area contributed by atoms with Gasteiger partial charge in [-0.15, -0.1) is 0 Å². The summed E-state index contributed by atoms with van der Waals surface area (Å²) in [5, 5.41) is 6.72. The van der Waals surface area contributed by atoms with Gasteiger partial charge < -0.3 is 0 Å². The third-order valence-electron chi connectivity index (χ3n) is 0.320. The highest BCUT2D eigenvalue weighted by atomic mass is 35.5. The van der Waals surface area contributed by atoms with Gasteiger partial charge in [0, 0.05) is 47.1 Å². The molecule has 0 saturated carbocycles. The highest BCUT2D eigenvalue weighted by molar-refractivity contribution is 6.49. The van der Waals surface area contributed by atoms with Crippen molar-refractivity contribution < 1.29 is 0 Å². The van der Waals surface area contributed by atoms with Crippen molar-refractivity contribution in [3.63, 3.8) is 0 Å². The average molecular weight is 197 g/mol. The van der Waals surface area contributed by atoms with E-state index in [4.69, 9.17) is 52.5 Å². The first-order chi connectivity index (χ1) is 3.55. The van der Waals surface area contributed by atoms with Crippen molar-refractivity contribution in [3.05, 3.63) is 0 Å². The van der Waals surface area contributed by atoms with Crippen LogP contribution in [0, 0.1) is 5.41 Å². The summed E-state index contributed by atoms with van der Waals surface area (Å²) >= 11 is 19.9. The number of halogens is 4. The summed E-state index contributed by atoms with van der Waals surface area (Å²) in [5.74, 6) is -0.420. The van der Waals surface area contributed by atoms with Gasteiger partial charge in [-0.05, 0) is 0 Å². The zero-order valence-electron chi connectivity index (χ0n) is 3.41. The Morgan fingerprint density at radius 2 is 1.25 bits per heavy atom. The fourth-order valence-electron chi connectivity index (χ4n) is 0.0571. The molecule has 0 aromatic carbocycles. The topological polar surface area (TPSA) is 30.3 Å². The third-order valence-corrected chi connectivity index (χ3v) is 0.961. The molecule has 0 amide bonds. The maximum Gasteiger partial charge on any atom is 0.254 e. The maximum absolute atomic E-state index is 6.72. The van der Waals surface area contributed by atoms with Crippen LogP contribution in [0.3, 0.4) is 0 Å². The molecule has 0 atom stereocenters. The molecule has 0 rings (SSSR count). The number of hydrogen-bond donors (Lipinski definition) is 1. The monoisotopic (exact) mass is 195 g/mol. The lowest BCUT2D eigenvalue weighted by molar-refractivity contribution is 0.877. The molecular weight excluding hydrogens is 196 g/mol. The minimum absolute atomic E-state index is 0.420. The van der Waals surface area contributed by atoms with Gasteiger partial charge in [-0.1, -0.05) is 0 Å². The van der Waals surface area contributed by atoms with E-state index in [1.165, 1.54) is 0 Å². The first-order valence-corrected chi connectivity index (χ1v) is 2.73. The maximum atomic E-state index is 6.72. The van der Waals surface area contributed by atoms with Gasteiger partial charge in [0.15, 0.2) is 0 Å². The number of hydrogen-bond acceptors (Lipinski definition) is 1. The summed E-state index contributed by atoms with van der Waals surface area (Å²) in [5.41, 5.74) is 0. The van der Waals surface area contributed by atoms with Crippen molar-refractivity contribution in [2.45, 2.75) is 0 Å². The Morgan fingerprint density at radius 3 is 1.25 bits per heavy atom. The number of nitrogens with zero attached hydrogens (tertiary/aromatic N) is 2. The van der Waals surface area contributed by atoms with Crippen molar-refractivity contribution in [2.24, 2.45) is 0 Å². The normalized spacial score (nSPS) is 8.50. The molecule has 0 aliphatic carbocycles. The molecule has 0 unspecified atom stereocenters. The second kappa shape index (κ2) is 3.45. The van der Waals surface area contributed by atoms with Gasteiger partial charge in [-0.25, -0.2) is 0 Å². The molecule has 0 aliphatic heterocycles. The third kappa shape index (κ3) is 2.67. The summed E-state index contributed by atoms with van der Waals surface area (Å²) in [6.07, 6.45) is 0. The molecule has 3 nitrogen and oxygen atoms in total. The van der Waals surface area contributed by atoms with E-state index in [1.54, 1.807) is 0 Å². The molecule has 48 valence electrons. The lowest BCUT2D eigenvalue weighted by Gasteiger charge is -2.08. The van der Waals surface area contributed by atoms with E-state index in [9.17, 15) is 0 Å². The van der Waals surface area contributed by atoms with Crippen LogP contribution in [-0.2, 0) is 0 Å². The van der Waals surface area contributed by atoms with Crippen molar-refractivity contribution in [3.8, 4) is 0 Å². The zero-order valence-corrected chi connectivity index (χ0v) is 6.43. The molecule has 0 aromatic rings. The fraction of sp³-hybridized carbons (Fsp3) is 0. The van der Waals surface area contributed by atoms with Gasteiger partial charge in [0.1, 0.15) is 0 Å². The molecule has 0 aliphatic rings. The molecule has 0 fully saturated rings. The van der Waals surface area contributed by atoms with Gasteiger partial charge in [-0.3, -0.25) is 5.41 Å². The van der Waals surface area contributed by atoms with E-state index in [0.717, 1.165) is 0 Å². The minimum Gasteiger partial charge on any atom is -0.265 e. The van der Waals surface area contributed by atoms with Gasteiger partial charge in [0.2, 0.25) is 0 Å². The highest BCUT2D eigenvalue weighted by Gasteiger charge is 2.08. The van der Waals surface area contributed by atoms with E-state index in [1.807, 2.05) is 0 Å². The lowest BCUT2D eigenvalue weighted by Crippen LogP contribution is -2.19. The minimum atomic E-state index is -0.420. The van der Waals surface area contributed by atoms with E-state index < -0.39 is 5.96 Å². The molecule has 7 heteroatoms. The summed E-state index contributed by atoms with van der Waals surface area (Å²) in [6, 6.07) is 0. The van der Waals surface area contributed by atoms with Crippen molar-refractivity contribution in [1.82, 2.24) is 7.88 Å². The van der Waals surface area contributed by atoms with E-state index >= 15 is 0 Å². The molecule has 8 heavy (non-hydrogen) atoms. The summed E-state index contributed by atoms with van der Waals surface area (Å²) in [6.45, 7) is 0. The Balaban J connectivity index is 3.65. The van der Waals surface area contributed by atoms with Crippen molar-refractivity contribution in [2.75, 3.05) is 0 Å². The highest BCUT2D eigenvalue weighted by Crippen LogP contribution is 2.08. The van der Waals surface area contributed by atoms with Crippen LogP contribution in [0.2, 0.25) is 0 Å². The van der Waals surface area contributed by atoms with E-state index in [2.05, 4.69) is 0 Å². The predicted octanol–water partition coefficient (Wildman–Crippen LogP) is 2.14. The van der Waals surface area contributed by atoms with E-state index in [0.29, 0.717) is 7.88 Å². The number of rotatable bonds is 0. The van der Waals surface area contributed by atoms with Crippen LogP contribution in [0.4, 0.5) is 0 Å². The zero-order chi connectivity index (χ0) is 6.73. The Labute approximate surface area is 66.6 Å². The summed E-state index contributed by atoms with van der Waals surface area (Å²) in [7, 11) is 0. The molecule has 0 aromatic heterocycles.